The summed E-state index contributed by atoms with van der Waals surface area (Å²) in [6, 6.07) is 2.97. The predicted octanol–water partition coefficient (Wildman–Crippen LogP) is 3.98. The Morgan fingerprint density at radius 3 is 2.09 bits per heavy atom. The smallest absolute Gasteiger partial charge is 0.466 e. The van der Waals surface area contributed by atoms with Crippen LogP contribution in [-0.4, -0.2) is 42.4 Å². The summed E-state index contributed by atoms with van der Waals surface area (Å²) in [7, 11) is 1.02. The second-order valence-corrected chi connectivity index (χ2v) is 9.00. The minimum atomic E-state index is -2.62. The molecule has 1 aliphatic heterocycles. The van der Waals surface area contributed by atoms with E-state index in [2.05, 4.69) is 11.3 Å². The van der Waals surface area contributed by atoms with E-state index >= 15 is 0 Å². The number of halogens is 1. The third-order valence-electron chi connectivity index (χ3n) is 4.14. The van der Waals surface area contributed by atoms with Crippen LogP contribution in [0.3, 0.4) is 0 Å². The molecule has 1 unspecified atom stereocenters. The number of ether oxygens (including phenoxy) is 4. The fraction of sp³-hybridized carbons (Fsp3) is 0.455. The van der Waals surface area contributed by atoms with Crippen molar-refractivity contribution in [2.24, 2.45) is 0 Å². The Hall–Kier alpha value is -3.43. The van der Waals surface area contributed by atoms with Crippen LogP contribution in [0.4, 0.5) is 19.7 Å². The van der Waals surface area contributed by atoms with Gasteiger partial charge in [-0.25, -0.2) is 23.7 Å². The molecule has 1 aromatic carbocycles. The lowest BCUT2D eigenvalue weighted by Crippen LogP contribution is -2.50. The number of nitrogens with zero attached hydrogens (tertiary/aromatic N) is 1. The number of benzene rings is 1. The van der Waals surface area contributed by atoms with Gasteiger partial charge in [-0.2, -0.15) is 0 Å². The molecule has 0 radical (unpaired) electrons. The number of anilines is 1. The Balaban J connectivity index is 2.74. The number of fused-ring (bicyclic) bond motifs is 1. The van der Waals surface area contributed by atoms with E-state index in [-0.39, 0.29) is 11.3 Å². The van der Waals surface area contributed by atoms with Gasteiger partial charge in [0, 0.05) is 5.56 Å². The SMILES string of the molecule is C=C(C(=O)OC)C1(OC(=O)OC(C)(C)C)C(=O)N(C(=O)OC(C)(C)C)c2ccc(F)cc21. The lowest BCUT2D eigenvalue weighted by atomic mass is 9.87. The number of imide groups is 1. The van der Waals surface area contributed by atoms with Gasteiger partial charge in [0.25, 0.3) is 11.5 Å². The molecule has 1 atom stereocenters. The molecule has 1 aromatic rings. The number of hydrogen-bond donors (Lipinski definition) is 0. The number of methoxy groups -OCH3 is 1. The molecule has 0 aliphatic carbocycles. The standard InChI is InChI=1S/C22H26FNO8/c1-12(16(25)29-8)22(32-19(28)31-21(5,6)7)14-11-13(23)9-10-15(14)24(17(22)26)18(27)30-20(2,3)4/h9-11H,1H2,2-8H3. The van der Waals surface area contributed by atoms with Gasteiger partial charge >= 0.3 is 18.2 Å². The van der Waals surface area contributed by atoms with E-state index < -0.39 is 52.3 Å². The Kier molecular flexibility index (Phi) is 6.40. The first-order valence-electron chi connectivity index (χ1n) is 9.61. The third kappa shape index (κ3) is 4.74. The first-order valence-corrected chi connectivity index (χ1v) is 9.61. The fourth-order valence-electron chi connectivity index (χ4n) is 2.97. The number of esters is 1. The maximum Gasteiger partial charge on any atom is 0.510 e. The molecule has 0 fully saturated rings. The summed E-state index contributed by atoms with van der Waals surface area (Å²) in [5.74, 6) is -3.16. The van der Waals surface area contributed by atoms with E-state index in [1.54, 1.807) is 41.5 Å². The second kappa shape index (κ2) is 8.25. The Morgan fingerprint density at radius 2 is 1.59 bits per heavy atom. The van der Waals surface area contributed by atoms with Crippen molar-refractivity contribution in [3.8, 4) is 0 Å². The number of rotatable bonds is 3. The summed E-state index contributed by atoms with van der Waals surface area (Å²) < 4.78 is 34.6. The van der Waals surface area contributed by atoms with Gasteiger partial charge in [0.15, 0.2) is 0 Å². The van der Waals surface area contributed by atoms with E-state index in [0.29, 0.717) is 4.90 Å². The van der Waals surface area contributed by atoms with Gasteiger partial charge in [0.2, 0.25) is 0 Å². The highest BCUT2D eigenvalue weighted by molar-refractivity contribution is 6.24. The summed E-state index contributed by atoms with van der Waals surface area (Å²) in [4.78, 5) is 51.9. The number of hydrogen-bond acceptors (Lipinski definition) is 8. The van der Waals surface area contributed by atoms with Crippen molar-refractivity contribution >= 4 is 29.8 Å². The van der Waals surface area contributed by atoms with E-state index in [0.717, 1.165) is 25.3 Å². The molecule has 32 heavy (non-hydrogen) atoms. The van der Waals surface area contributed by atoms with Crippen LogP contribution in [0.5, 0.6) is 0 Å². The van der Waals surface area contributed by atoms with Crippen LogP contribution in [0.2, 0.25) is 0 Å². The van der Waals surface area contributed by atoms with E-state index in [9.17, 15) is 23.6 Å². The molecule has 0 saturated heterocycles. The molecule has 2 rings (SSSR count). The van der Waals surface area contributed by atoms with Crippen molar-refractivity contribution < 1.29 is 42.5 Å². The van der Waals surface area contributed by atoms with Crippen LogP contribution < -0.4 is 4.90 Å². The first kappa shape index (κ1) is 24.8. The van der Waals surface area contributed by atoms with E-state index in [4.69, 9.17) is 14.2 Å². The van der Waals surface area contributed by atoms with Gasteiger partial charge in [-0.1, -0.05) is 6.58 Å². The molecule has 0 aromatic heterocycles. The molecule has 0 N–H and O–H groups in total. The molecule has 1 aliphatic rings. The van der Waals surface area contributed by atoms with Crippen LogP contribution in [0.1, 0.15) is 47.1 Å². The summed E-state index contributed by atoms with van der Waals surface area (Å²) in [6.45, 7) is 12.9. The van der Waals surface area contributed by atoms with Crippen molar-refractivity contribution in [2.75, 3.05) is 12.0 Å². The molecule has 0 saturated carbocycles. The molecule has 10 heteroatoms. The van der Waals surface area contributed by atoms with Crippen LogP contribution in [0.25, 0.3) is 0 Å². The van der Waals surface area contributed by atoms with Crippen LogP contribution in [0, 0.1) is 5.82 Å². The van der Waals surface area contributed by atoms with Crippen molar-refractivity contribution in [3.05, 3.63) is 41.7 Å². The Morgan fingerprint density at radius 1 is 1.03 bits per heavy atom. The highest BCUT2D eigenvalue weighted by Gasteiger charge is 2.61. The normalized spacial score (nSPS) is 18.0. The van der Waals surface area contributed by atoms with Gasteiger partial charge in [-0.05, 0) is 59.7 Å². The van der Waals surface area contributed by atoms with Crippen molar-refractivity contribution in [3.63, 3.8) is 0 Å². The lowest BCUT2D eigenvalue weighted by molar-refractivity contribution is -0.147. The average molecular weight is 451 g/mol. The summed E-state index contributed by atoms with van der Waals surface area (Å²) in [5, 5.41) is 0. The molecule has 174 valence electrons. The van der Waals surface area contributed by atoms with Gasteiger partial charge in [-0.3, -0.25) is 4.79 Å². The van der Waals surface area contributed by atoms with E-state index in [1.807, 2.05) is 0 Å². The zero-order chi connectivity index (χ0) is 24.6. The topological polar surface area (TPSA) is 108 Å². The van der Waals surface area contributed by atoms with Gasteiger partial charge in [-0.15, -0.1) is 0 Å². The van der Waals surface area contributed by atoms with Crippen molar-refractivity contribution in [2.45, 2.75) is 58.3 Å². The average Bonchev–Trinajstić information content (AvgIpc) is 2.86. The summed E-state index contributed by atoms with van der Waals surface area (Å²) >= 11 is 0. The molecular formula is C22H26FNO8. The minimum absolute atomic E-state index is 0.153. The van der Waals surface area contributed by atoms with Crippen LogP contribution in [-0.2, 0) is 34.1 Å². The lowest BCUT2D eigenvalue weighted by Gasteiger charge is -2.30. The molecular weight excluding hydrogens is 425 g/mol. The van der Waals surface area contributed by atoms with Crippen molar-refractivity contribution in [1.29, 1.82) is 0 Å². The number of amides is 2. The van der Waals surface area contributed by atoms with Crippen LogP contribution in [0.15, 0.2) is 30.4 Å². The Labute approximate surface area is 185 Å². The highest BCUT2D eigenvalue weighted by Crippen LogP contribution is 2.48. The van der Waals surface area contributed by atoms with E-state index in [1.165, 1.54) is 0 Å². The molecule has 1 heterocycles. The van der Waals surface area contributed by atoms with Gasteiger partial charge in [0.1, 0.15) is 17.0 Å². The monoisotopic (exact) mass is 451 g/mol. The minimum Gasteiger partial charge on any atom is -0.466 e. The predicted molar refractivity (Wildman–Crippen MR) is 110 cm³/mol. The van der Waals surface area contributed by atoms with Crippen molar-refractivity contribution in [1.82, 2.24) is 0 Å². The molecule has 0 bridgehead atoms. The molecule has 9 nitrogen and oxygen atoms in total. The first-order chi connectivity index (χ1) is 14.5. The quantitative estimate of drug-likeness (QED) is 0.386. The number of carbonyl (C=O) groups is 4. The molecule has 2 amide bonds. The fourth-order valence-corrected chi connectivity index (χ4v) is 2.97. The summed E-state index contributed by atoms with van der Waals surface area (Å²) in [6.07, 6.45) is -2.47. The largest absolute Gasteiger partial charge is 0.510 e. The van der Waals surface area contributed by atoms with Crippen LogP contribution >= 0.6 is 0 Å². The zero-order valence-electron chi connectivity index (χ0n) is 19.0. The van der Waals surface area contributed by atoms with Gasteiger partial charge in [0.05, 0.1) is 18.4 Å². The zero-order valence-corrected chi connectivity index (χ0v) is 19.0. The maximum atomic E-state index is 14.2. The maximum absolute atomic E-state index is 14.2. The number of carbonyl (C=O) groups excluding carboxylic acids is 4. The third-order valence-corrected chi connectivity index (χ3v) is 4.14. The molecule has 0 spiro atoms. The van der Waals surface area contributed by atoms with Gasteiger partial charge < -0.3 is 18.9 Å². The second-order valence-electron chi connectivity index (χ2n) is 9.00. The summed E-state index contributed by atoms with van der Waals surface area (Å²) in [5.41, 5.74) is -5.76. The highest BCUT2D eigenvalue weighted by atomic mass is 19.1. The Bertz CT molecular complexity index is 989.